The van der Waals surface area contributed by atoms with Crippen molar-refractivity contribution in [2.45, 2.75) is 22.5 Å². The largest absolute Gasteiger partial charge is 0.478 e. The van der Waals surface area contributed by atoms with Gasteiger partial charge in [-0.1, -0.05) is 27.5 Å². The average molecular weight is 486 g/mol. The molecule has 1 aromatic rings. The maximum Gasteiger partial charge on any atom is 0.430 e. The third-order valence-corrected chi connectivity index (χ3v) is 4.91. The summed E-state index contributed by atoms with van der Waals surface area (Å²) < 4.78 is 49.2. The van der Waals surface area contributed by atoms with Crippen LogP contribution in [0.5, 0.6) is 11.5 Å². The van der Waals surface area contributed by atoms with Crippen molar-refractivity contribution in [3.63, 3.8) is 0 Å². The van der Waals surface area contributed by atoms with E-state index in [2.05, 4.69) is 15.9 Å². The smallest absolute Gasteiger partial charge is 0.430 e. The molecule has 0 radical (unpaired) electrons. The van der Waals surface area contributed by atoms with Crippen LogP contribution in [0.2, 0.25) is 5.02 Å². The molecule has 0 aromatic heterocycles. The molecule has 10 heteroatoms. The zero-order valence-corrected chi connectivity index (χ0v) is 16.3. The van der Waals surface area contributed by atoms with Crippen molar-refractivity contribution in [3.05, 3.63) is 52.3 Å². The fourth-order valence-electron chi connectivity index (χ4n) is 2.47. The first-order chi connectivity index (χ1) is 12.5. The quantitative estimate of drug-likeness (QED) is 0.559. The number of halogens is 6. The number of alkyl halides is 5. The molecule has 0 amide bonds. The lowest BCUT2D eigenvalue weighted by molar-refractivity contribution is -0.187. The Hall–Kier alpha value is -1.64. The number of aliphatic carboxylic acids is 1. The third kappa shape index (κ3) is 4.44. The minimum atomic E-state index is -4.89. The normalized spacial score (nSPS) is 24.4. The fraction of sp³-hybridized carbons (Fsp3) is 0.235. The van der Waals surface area contributed by atoms with Gasteiger partial charge in [0.15, 0.2) is 0 Å². The maximum atomic E-state index is 13.1. The molecule has 2 atom stereocenters. The summed E-state index contributed by atoms with van der Waals surface area (Å²) in [7, 11) is 0. The molecule has 0 saturated carbocycles. The maximum absolute atomic E-state index is 13.1. The number of allylic oxidation sites excluding steroid dienone is 3. The summed E-state index contributed by atoms with van der Waals surface area (Å²) in [6.45, 7) is 0. The molecule has 1 aliphatic carbocycles. The first-order valence-electron chi connectivity index (χ1n) is 7.43. The number of carbonyl (C=O) groups is 1. The molecule has 0 bridgehead atoms. The van der Waals surface area contributed by atoms with Crippen LogP contribution >= 0.6 is 39.1 Å². The number of hydrogen-bond acceptors (Lipinski definition) is 3. The van der Waals surface area contributed by atoms with E-state index in [1.54, 1.807) is 18.2 Å². The summed E-state index contributed by atoms with van der Waals surface area (Å²) in [6, 6.07) is 2.47. The predicted molar refractivity (Wildman–Crippen MR) is 97.5 cm³/mol. The van der Waals surface area contributed by atoms with Crippen LogP contribution in [0, 0.1) is 0 Å². The Morgan fingerprint density at radius 2 is 2.11 bits per heavy atom. The monoisotopic (exact) mass is 484 g/mol. The number of fused-ring (bicyclic) bond motifs is 1. The van der Waals surface area contributed by atoms with Gasteiger partial charge in [0.2, 0.25) is 6.10 Å². The molecule has 0 saturated heterocycles. The second-order valence-corrected chi connectivity index (χ2v) is 8.73. The molecule has 3 rings (SSSR count). The van der Waals surface area contributed by atoms with Crippen LogP contribution in [0.15, 0.2) is 41.7 Å². The zero-order valence-electron chi connectivity index (χ0n) is 13.2. The molecule has 2 unspecified atom stereocenters. The summed E-state index contributed by atoms with van der Waals surface area (Å²) in [5.41, 5.74) is -0.813. The highest BCUT2D eigenvalue weighted by molar-refractivity contribution is 9.10. The summed E-state index contributed by atoms with van der Waals surface area (Å²) in [4.78, 5) is 11.2. The summed E-state index contributed by atoms with van der Waals surface area (Å²) >= 11 is 15.5. The van der Waals surface area contributed by atoms with Crippen molar-refractivity contribution in [2.75, 3.05) is 0 Å². The first kappa shape index (κ1) is 20.1. The molecule has 2 aliphatic rings. The van der Waals surface area contributed by atoms with Crippen molar-refractivity contribution in [3.8, 4) is 11.5 Å². The van der Waals surface area contributed by atoms with Gasteiger partial charge in [0.25, 0.3) is 0 Å². The number of carboxylic acid groups (broad SMARTS) is 1. The topological polar surface area (TPSA) is 55.8 Å². The lowest BCUT2D eigenvalue weighted by atomic mass is 10.0. The molecule has 1 aliphatic heterocycles. The molecule has 27 heavy (non-hydrogen) atoms. The summed E-state index contributed by atoms with van der Waals surface area (Å²) in [5, 5.41) is 9.13. The Balaban J connectivity index is 1.94. The van der Waals surface area contributed by atoms with Crippen molar-refractivity contribution in [2.24, 2.45) is 0 Å². The highest BCUT2D eigenvalue weighted by atomic mass is 79.9. The van der Waals surface area contributed by atoms with Crippen LogP contribution in [0.25, 0.3) is 6.08 Å². The van der Waals surface area contributed by atoms with E-state index in [0.717, 1.165) is 6.08 Å². The van der Waals surface area contributed by atoms with E-state index in [0.29, 0.717) is 12.2 Å². The van der Waals surface area contributed by atoms with Crippen LogP contribution < -0.4 is 9.47 Å². The van der Waals surface area contributed by atoms with Crippen LogP contribution in [0.4, 0.5) is 13.2 Å². The molecule has 1 heterocycles. The minimum absolute atomic E-state index is 0.0658. The highest BCUT2D eigenvalue weighted by Crippen LogP contribution is 2.42. The van der Waals surface area contributed by atoms with Gasteiger partial charge < -0.3 is 14.6 Å². The molecular weight excluding hydrogens is 476 g/mol. The Labute approximate surface area is 170 Å². The van der Waals surface area contributed by atoms with Gasteiger partial charge in [-0.3, -0.25) is 0 Å². The van der Waals surface area contributed by atoms with Gasteiger partial charge in [0.1, 0.15) is 21.0 Å². The Morgan fingerprint density at radius 1 is 1.41 bits per heavy atom. The summed E-state index contributed by atoms with van der Waals surface area (Å²) in [6.07, 6.45) is -1.26. The van der Waals surface area contributed by atoms with E-state index in [4.69, 9.17) is 37.8 Å². The van der Waals surface area contributed by atoms with Gasteiger partial charge in [-0.2, -0.15) is 13.2 Å². The SMILES string of the molecule is O=C(O)C1=Cc2cc(Cl)c(OC3=CCC(Cl)(Br)C=C3)cc2OC1C(F)(F)F. The predicted octanol–water partition coefficient (Wildman–Crippen LogP) is 5.68. The van der Waals surface area contributed by atoms with Crippen molar-refractivity contribution in [1.82, 2.24) is 0 Å². The number of ether oxygens (including phenoxy) is 2. The van der Waals surface area contributed by atoms with Crippen LogP contribution in [-0.2, 0) is 4.79 Å². The van der Waals surface area contributed by atoms with Crippen LogP contribution in [-0.4, -0.2) is 27.1 Å². The van der Waals surface area contributed by atoms with Crippen molar-refractivity contribution < 1.29 is 32.5 Å². The van der Waals surface area contributed by atoms with Gasteiger partial charge in [-0.25, -0.2) is 4.79 Å². The molecule has 0 fully saturated rings. The van der Waals surface area contributed by atoms with Gasteiger partial charge in [0, 0.05) is 18.1 Å². The second kappa shape index (κ2) is 7.07. The van der Waals surface area contributed by atoms with Gasteiger partial charge >= 0.3 is 12.1 Å². The number of rotatable bonds is 3. The van der Waals surface area contributed by atoms with E-state index < -0.39 is 27.6 Å². The van der Waals surface area contributed by atoms with E-state index in [9.17, 15) is 18.0 Å². The zero-order chi connectivity index (χ0) is 20.0. The number of carboxylic acids is 1. The highest BCUT2D eigenvalue weighted by Gasteiger charge is 2.48. The van der Waals surface area contributed by atoms with Gasteiger partial charge in [-0.05, 0) is 30.4 Å². The Kier molecular flexibility index (Phi) is 5.26. The van der Waals surface area contributed by atoms with E-state index in [1.807, 2.05) is 0 Å². The number of hydrogen-bond donors (Lipinski definition) is 1. The van der Waals surface area contributed by atoms with Crippen LogP contribution in [0.3, 0.4) is 0 Å². The molecule has 4 nitrogen and oxygen atoms in total. The summed E-state index contributed by atoms with van der Waals surface area (Å²) in [5.74, 6) is -1.45. The lowest BCUT2D eigenvalue weighted by Crippen LogP contribution is -2.40. The molecule has 144 valence electrons. The average Bonchev–Trinajstić information content (AvgIpc) is 2.55. The van der Waals surface area contributed by atoms with E-state index in [-0.39, 0.29) is 22.1 Å². The molecule has 1 aromatic carbocycles. The van der Waals surface area contributed by atoms with Crippen molar-refractivity contribution >= 4 is 51.2 Å². The Bertz CT molecular complexity index is 891. The lowest BCUT2D eigenvalue weighted by Gasteiger charge is -2.27. The van der Waals surface area contributed by atoms with Gasteiger partial charge in [-0.15, -0.1) is 11.6 Å². The number of benzene rings is 1. The van der Waals surface area contributed by atoms with Crippen LogP contribution in [0.1, 0.15) is 12.0 Å². The third-order valence-electron chi connectivity index (χ3n) is 3.74. The standard InChI is InChI=1S/C17H10BrCl2F3O4/c18-16(20)3-1-9(2-4-16)26-13-7-12-8(6-11(13)19)5-10(15(24)25)14(27-12)17(21,22)23/h1-3,5-7,14H,4H2,(H,24,25). The van der Waals surface area contributed by atoms with E-state index >= 15 is 0 Å². The molecule has 0 spiro atoms. The first-order valence-corrected chi connectivity index (χ1v) is 8.98. The molecular formula is C17H10BrCl2F3O4. The minimum Gasteiger partial charge on any atom is -0.478 e. The van der Waals surface area contributed by atoms with Crippen molar-refractivity contribution in [1.29, 1.82) is 0 Å². The molecule has 1 N–H and O–H groups in total. The fourth-order valence-corrected chi connectivity index (χ4v) is 3.12. The van der Waals surface area contributed by atoms with Gasteiger partial charge in [0.05, 0.1) is 10.6 Å². The van der Waals surface area contributed by atoms with E-state index in [1.165, 1.54) is 12.1 Å². The second-order valence-electron chi connectivity index (χ2n) is 5.77. The Morgan fingerprint density at radius 3 is 2.67 bits per heavy atom.